The Bertz CT molecular complexity index is 535. The van der Waals surface area contributed by atoms with Crippen LogP contribution in [0.3, 0.4) is 0 Å². The van der Waals surface area contributed by atoms with Crippen LogP contribution in [0.5, 0.6) is 11.5 Å². The minimum atomic E-state index is 0. The average Bonchev–Trinajstić information content (AvgIpc) is 2.65. The van der Waals surface area contributed by atoms with E-state index in [0.717, 1.165) is 62.6 Å². The summed E-state index contributed by atoms with van der Waals surface area (Å²) < 4.78 is 10.6. The molecule has 0 heterocycles. The minimum Gasteiger partial charge on any atom is -0.493 e. The molecule has 1 aromatic rings. The Balaban J connectivity index is 0.00000676. The van der Waals surface area contributed by atoms with Crippen molar-refractivity contribution in [1.82, 2.24) is 10.2 Å². The summed E-state index contributed by atoms with van der Waals surface area (Å²) in [5, 5.41) is 3.18. The molecule has 0 amide bonds. The number of benzene rings is 1. The van der Waals surface area contributed by atoms with Crippen molar-refractivity contribution in [3.05, 3.63) is 23.8 Å². The number of halogens is 1. The van der Waals surface area contributed by atoms with Gasteiger partial charge in [-0.15, -0.1) is 24.0 Å². The standard InChI is InChI=1S/C20H36N4O2.HI/c1-5-13-24(14-6-2)15-7-11-22-20(21)23-12-10-17-8-9-18(25-3)19(16-17)26-4;/h8-9,16H,5-7,10-15H2,1-4H3,(H3,21,22,23);1H. The molecule has 3 N–H and O–H groups in total. The van der Waals surface area contributed by atoms with Crippen LogP contribution in [-0.4, -0.2) is 57.8 Å². The van der Waals surface area contributed by atoms with Crippen molar-refractivity contribution in [3.63, 3.8) is 0 Å². The summed E-state index contributed by atoms with van der Waals surface area (Å²) >= 11 is 0. The van der Waals surface area contributed by atoms with E-state index < -0.39 is 0 Å². The zero-order valence-corrected chi connectivity index (χ0v) is 19.6. The lowest BCUT2D eigenvalue weighted by atomic mass is 10.1. The zero-order valence-electron chi connectivity index (χ0n) is 17.3. The van der Waals surface area contributed by atoms with Gasteiger partial charge in [0.1, 0.15) is 0 Å². The molecule has 0 saturated heterocycles. The molecule has 0 unspecified atom stereocenters. The molecule has 6 nitrogen and oxygen atoms in total. The fourth-order valence-electron chi connectivity index (χ4n) is 2.89. The van der Waals surface area contributed by atoms with Crippen LogP contribution in [-0.2, 0) is 6.42 Å². The molecule has 0 bridgehead atoms. The first kappa shape index (κ1) is 25.8. The molecule has 0 fully saturated rings. The topological polar surface area (TPSA) is 72.1 Å². The Hall–Kier alpha value is -1.22. The number of ether oxygens (including phenoxy) is 2. The number of hydrogen-bond acceptors (Lipinski definition) is 4. The van der Waals surface area contributed by atoms with Gasteiger partial charge in [0.05, 0.1) is 14.2 Å². The van der Waals surface area contributed by atoms with Crippen LogP contribution in [0.4, 0.5) is 0 Å². The predicted molar refractivity (Wildman–Crippen MR) is 125 cm³/mol. The van der Waals surface area contributed by atoms with Crippen molar-refractivity contribution in [2.45, 2.75) is 39.5 Å². The van der Waals surface area contributed by atoms with E-state index in [1.165, 1.54) is 12.8 Å². The molecule has 0 saturated carbocycles. The second-order valence-electron chi connectivity index (χ2n) is 6.33. The number of nitrogens with zero attached hydrogens (tertiary/aromatic N) is 2. The first-order valence-corrected chi connectivity index (χ1v) is 9.61. The number of nitrogens with one attached hydrogen (secondary N) is 1. The molecule has 0 spiro atoms. The van der Waals surface area contributed by atoms with Gasteiger partial charge in [0.25, 0.3) is 0 Å². The molecular weight excluding hydrogens is 455 g/mol. The molecule has 27 heavy (non-hydrogen) atoms. The molecule has 0 aliphatic rings. The molecule has 0 radical (unpaired) electrons. The first-order valence-electron chi connectivity index (χ1n) is 9.61. The number of aliphatic imine (C=N–C) groups is 1. The summed E-state index contributed by atoms with van der Waals surface area (Å²) in [6, 6.07) is 5.94. The van der Waals surface area contributed by atoms with Gasteiger partial charge in [-0.3, -0.25) is 4.99 Å². The monoisotopic (exact) mass is 492 g/mol. The van der Waals surface area contributed by atoms with E-state index in [-0.39, 0.29) is 24.0 Å². The Morgan fingerprint density at radius 1 is 1.07 bits per heavy atom. The Morgan fingerprint density at radius 3 is 2.33 bits per heavy atom. The van der Waals surface area contributed by atoms with E-state index in [2.05, 4.69) is 29.1 Å². The van der Waals surface area contributed by atoms with Gasteiger partial charge in [0.2, 0.25) is 0 Å². The largest absolute Gasteiger partial charge is 0.493 e. The molecule has 1 aromatic carbocycles. The number of rotatable bonds is 13. The van der Waals surface area contributed by atoms with E-state index in [1.807, 2.05) is 18.2 Å². The third-order valence-corrected chi connectivity index (χ3v) is 4.16. The highest BCUT2D eigenvalue weighted by molar-refractivity contribution is 14.0. The molecular formula is C20H37IN4O2. The average molecular weight is 492 g/mol. The second kappa shape index (κ2) is 15.8. The van der Waals surface area contributed by atoms with Crippen molar-refractivity contribution in [2.75, 3.05) is 46.9 Å². The highest BCUT2D eigenvalue weighted by Crippen LogP contribution is 2.27. The number of nitrogens with two attached hydrogens (primary N) is 1. The maximum Gasteiger partial charge on any atom is 0.188 e. The van der Waals surface area contributed by atoms with E-state index in [1.54, 1.807) is 14.2 Å². The van der Waals surface area contributed by atoms with Gasteiger partial charge in [-0.1, -0.05) is 19.9 Å². The lowest BCUT2D eigenvalue weighted by molar-refractivity contribution is 0.273. The van der Waals surface area contributed by atoms with Crippen LogP contribution >= 0.6 is 24.0 Å². The van der Waals surface area contributed by atoms with Gasteiger partial charge in [-0.2, -0.15) is 0 Å². The van der Waals surface area contributed by atoms with Gasteiger partial charge < -0.3 is 25.4 Å². The summed E-state index contributed by atoms with van der Waals surface area (Å²) in [6.45, 7) is 9.36. The Morgan fingerprint density at radius 2 is 1.74 bits per heavy atom. The lowest BCUT2D eigenvalue weighted by Crippen LogP contribution is -2.33. The van der Waals surface area contributed by atoms with Gasteiger partial charge in [0, 0.05) is 13.1 Å². The quantitative estimate of drug-likeness (QED) is 0.191. The highest BCUT2D eigenvalue weighted by atomic mass is 127. The van der Waals surface area contributed by atoms with Crippen LogP contribution in [0.15, 0.2) is 23.2 Å². The molecule has 156 valence electrons. The van der Waals surface area contributed by atoms with E-state index in [4.69, 9.17) is 15.2 Å². The predicted octanol–water partition coefficient (Wildman–Crippen LogP) is 3.28. The second-order valence-corrected chi connectivity index (χ2v) is 6.33. The SMILES string of the molecule is CCCN(CCC)CCCN=C(N)NCCc1ccc(OC)c(OC)c1.I. The maximum atomic E-state index is 5.95. The van der Waals surface area contributed by atoms with Crippen LogP contribution in [0.2, 0.25) is 0 Å². The van der Waals surface area contributed by atoms with Gasteiger partial charge >= 0.3 is 0 Å². The van der Waals surface area contributed by atoms with E-state index in [0.29, 0.717) is 5.96 Å². The molecule has 0 aliphatic heterocycles. The summed E-state index contributed by atoms with van der Waals surface area (Å²) in [6.07, 6.45) is 4.28. The third kappa shape index (κ3) is 10.6. The van der Waals surface area contributed by atoms with Crippen molar-refractivity contribution in [2.24, 2.45) is 10.7 Å². The van der Waals surface area contributed by atoms with Gasteiger partial charge in [-0.25, -0.2) is 0 Å². The molecule has 0 aromatic heterocycles. The van der Waals surface area contributed by atoms with Crippen molar-refractivity contribution in [1.29, 1.82) is 0 Å². The van der Waals surface area contributed by atoms with E-state index >= 15 is 0 Å². The molecule has 7 heteroatoms. The zero-order chi connectivity index (χ0) is 19.2. The van der Waals surface area contributed by atoms with Crippen molar-refractivity contribution in [3.8, 4) is 11.5 Å². The number of guanidine groups is 1. The van der Waals surface area contributed by atoms with Crippen LogP contribution in [0.25, 0.3) is 0 Å². The molecule has 0 aliphatic carbocycles. The summed E-state index contributed by atoms with van der Waals surface area (Å²) in [4.78, 5) is 6.92. The Kier molecular flexibility index (Phi) is 15.1. The molecule has 1 rings (SSSR count). The van der Waals surface area contributed by atoms with Crippen molar-refractivity contribution < 1.29 is 9.47 Å². The summed E-state index contributed by atoms with van der Waals surface area (Å²) in [5.74, 6) is 2.00. The smallest absolute Gasteiger partial charge is 0.188 e. The summed E-state index contributed by atoms with van der Waals surface area (Å²) in [7, 11) is 3.28. The molecule has 0 atom stereocenters. The third-order valence-electron chi connectivity index (χ3n) is 4.16. The van der Waals surface area contributed by atoms with Crippen LogP contribution in [0, 0.1) is 0 Å². The fraction of sp³-hybridized carbons (Fsp3) is 0.650. The maximum absolute atomic E-state index is 5.95. The lowest BCUT2D eigenvalue weighted by Gasteiger charge is -2.20. The number of methoxy groups -OCH3 is 2. The highest BCUT2D eigenvalue weighted by Gasteiger charge is 2.05. The summed E-state index contributed by atoms with van der Waals surface area (Å²) in [5.41, 5.74) is 7.12. The van der Waals surface area contributed by atoms with Crippen molar-refractivity contribution >= 4 is 29.9 Å². The fourth-order valence-corrected chi connectivity index (χ4v) is 2.89. The number of hydrogen-bond donors (Lipinski definition) is 2. The minimum absolute atomic E-state index is 0. The van der Waals surface area contributed by atoms with Gasteiger partial charge in [0.15, 0.2) is 17.5 Å². The first-order chi connectivity index (χ1) is 12.6. The Labute approximate surface area is 181 Å². The van der Waals surface area contributed by atoms with E-state index in [9.17, 15) is 0 Å². The normalized spacial score (nSPS) is 11.2. The van der Waals surface area contributed by atoms with Crippen LogP contribution in [0.1, 0.15) is 38.7 Å². The van der Waals surface area contributed by atoms with Gasteiger partial charge in [-0.05, 0) is 63.0 Å². The van der Waals surface area contributed by atoms with Crippen LogP contribution < -0.4 is 20.5 Å².